The van der Waals surface area contributed by atoms with Crippen molar-refractivity contribution in [3.8, 4) is 0 Å². The van der Waals surface area contributed by atoms with Gasteiger partial charge in [0.05, 0.1) is 17.5 Å². The van der Waals surface area contributed by atoms with Gasteiger partial charge in [-0.1, -0.05) is 0 Å². The van der Waals surface area contributed by atoms with Gasteiger partial charge in [0.2, 0.25) is 0 Å². The summed E-state index contributed by atoms with van der Waals surface area (Å²) in [5, 5.41) is 6.73. The molecule has 17 heavy (non-hydrogen) atoms. The molecule has 0 aliphatic carbocycles. The second-order valence-corrected chi connectivity index (χ2v) is 4.74. The van der Waals surface area contributed by atoms with E-state index in [-0.39, 0.29) is 12.4 Å². The highest BCUT2D eigenvalue weighted by Gasteiger charge is 1.98. The number of halogens is 1. The highest BCUT2D eigenvalue weighted by Crippen LogP contribution is 2.10. The molecule has 94 valence electrons. The molecule has 2 aromatic heterocycles. The van der Waals surface area contributed by atoms with E-state index >= 15 is 0 Å². The highest BCUT2D eigenvalue weighted by molar-refractivity contribution is 7.09. The van der Waals surface area contributed by atoms with Crippen LogP contribution < -0.4 is 5.32 Å². The summed E-state index contributed by atoms with van der Waals surface area (Å²) in [6.45, 7) is 3.94. The van der Waals surface area contributed by atoms with Gasteiger partial charge in [0, 0.05) is 29.6 Å². The van der Waals surface area contributed by atoms with Gasteiger partial charge in [0.25, 0.3) is 0 Å². The van der Waals surface area contributed by atoms with Crippen molar-refractivity contribution in [3.63, 3.8) is 0 Å². The lowest BCUT2D eigenvalue weighted by Crippen LogP contribution is -2.14. The summed E-state index contributed by atoms with van der Waals surface area (Å²) in [6, 6.07) is 1.98. The van der Waals surface area contributed by atoms with Crippen LogP contribution >= 0.6 is 23.7 Å². The zero-order valence-electron chi connectivity index (χ0n) is 9.81. The maximum Gasteiger partial charge on any atom is 0.0947 e. The van der Waals surface area contributed by atoms with Crippen LogP contribution in [0.3, 0.4) is 0 Å². The van der Waals surface area contributed by atoms with E-state index in [1.165, 1.54) is 10.6 Å². The van der Waals surface area contributed by atoms with E-state index in [0.717, 1.165) is 31.6 Å². The number of thiazole rings is 1. The molecule has 0 bridgehead atoms. The molecule has 2 heterocycles. The van der Waals surface area contributed by atoms with Crippen molar-refractivity contribution < 1.29 is 4.42 Å². The molecule has 0 radical (unpaired) electrons. The summed E-state index contributed by atoms with van der Waals surface area (Å²) in [5.74, 6) is 0. The summed E-state index contributed by atoms with van der Waals surface area (Å²) >= 11 is 1.75. The molecule has 0 saturated carbocycles. The molecule has 0 aromatic carbocycles. The zero-order valence-corrected chi connectivity index (χ0v) is 11.4. The smallest absolute Gasteiger partial charge is 0.0947 e. The first-order chi connectivity index (χ1) is 7.84. The lowest BCUT2D eigenvalue weighted by atomic mass is 10.3. The number of hydrogen-bond donors (Lipinski definition) is 1. The predicted octanol–water partition coefficient (Wildman–Crippen LogP) is 3.19. The number of rotatable bonds is 6. The molecule has 0 aliphatic rings. The predicted molar refractivity (Wildman–Crippen MR) is 72.8 cm³/mol. The Bertz CT molecular complexity index is 414. The number of aryl methyl sites for hydroxylation is 2. The van der Waals surface area contributed by atoms with E-state index in [1.54, 1.807) is 23.9 Å². The van der Waals surface area contributed by atoms with Crippen LogP contribution in [0.5, 0.6) is 0 Å². The molecule has 3 nitrogen and oxygen atoms in total. The molecular weight excluding hydrogens is 256 g/mol. The topological polar surface area (TPSA) is 38.1 Å². The van der Waals surface area contributed by atoms with E-state index in [1.807, 2.05) is 13.0 Å². The average Bonchev–Trinajstić information content (AvgIpc) is 2.89. The van der Waals surface area contributed by atoms with Crippen LogP contribution in [-0.4, -0.2) is 11.5 Å². The summed E-state index contributed by atoms with van der Waals surface area (Å²) < 4.78 is 5.00. The van der Waals surface area contributed by atoms with E-state index in [4.69, 9.17) is 4.42 Å². The minimum Gasteiger partial charge on any atom is -0.472 e. The van der Waals surface area contributed by atoms with Gasteiger partial charge in [0.15, 0.2) is 0 Å². The number of nitrogens with one attached hydrogen (secondary N) is 1. The van der Waals surface area contributed by atoms with Crippen LogP contribution in [0.15, 0.2) is 28.4 Å². The number of hydrogen-bond acceptors (Lipinski definition) is 4. The normalized spacial score (nSPS) is 10.2. The fraction of sp³-hybridized carbons (Fsp3) is 0.417. The molecule has 0 amide bonds. The molecule has 0 atom stereocenters. The largest absolute Gasteiger partial charge is 0.472 e. The third kappa shape index (κ3) is 4.89. The van der Waals surface area contributed by atoms with Crippen molar-refractivity contribution in [3.05, 3.63) is 40.2 Å². The molecule has 2 aromatic rings. The fourth-order valence-electron chi connectivity index (χ4n) is 1.51. The SMILES string of the molecule is Cc1csc(CCCNCc2ccoc2)n1.Cl. The lowest BCUT2D eigenvalue weighted by molar-refractivity contribution is 0.559. The maximum atomic E-state index is 5.00. The van der Waals surface area contributed by atoms with Crippen LogP contribution in [-0.2, 0) is 13.0 Å². The Labute approximate surface area is 112 Å². The third-order valence-corrected chi connectivity index (χ3v) is 3.35. The third-order valence-electron chi connectivity index (χ3n) is 2.32. The molecule has 0 spiro atoms. The molecule has 1 N–H and O–H groups in total. The quantitative estimate of drug-likeness (QED) is 0.821. The first-order valence-corrected chi connectivity index (χ1v) is 6.35. The molecular formula is C12H17ClN2OS. The van der Waals surface area contributed by atoms with Crippen molar-refractivity contribution in [1.29, 1.82) is 0 Å². The average molecular weight is 273 g/mol. The van der Waals surface area contributed by atoms with E-state index in [2.05, 4.69) is 15.7 Å². The Hall–Kier alpha value is -0.840. The van der Waals surface area contributed by atoms with E-state index < -0.39 is 0 Å². The monoisotopic (exact) mass is 272 g/mol. The number of furan rings is 1. The van der Waals surface area contributed by atoms with Crippen molar-refractivity contribution in [2.24, 2.45) is 0 Å². The maximum absolute atomic E-state index is 5.00. The second kappa shape index (κ2) is 7.48. The number of aromatic nitrogens is 1. The Morgan fingerprint density at radius 1 is 1.47 bits per heavy atom. The first kappa shape index (κ1) is 14.2. The number of nitrogens with zero attached hydrogens (tertiary/aromatic N) is 1. The molecule has 0 fully saturated rings. The molecule has 0 unspecified atom stereocenters. The second-order valence-electron chi connectivity index (χ2n) is 3.79. The summed E-state index contributed by atoms with van der Waals surface area (Å²) in [5.41, 5.74) is 2.33. The van der Waals surface area contributed by atoms with Crippen molar-refractivity contribution >= 4 is 23.7 Å². The molecule has 5 heteroatoms. The van der Waals surface area contributed by atoms with Gasteiger partial charge in [-0.15, -0.1) is 23.7 Å². The Balaban J connectivity index is 0.00000144. The van der Waals surface area contributed by atoms with Gasteiger partial charge in [0.1, 0.15) is 0 Å². The van der Waals surface area contributed by atoms with Crippen LogP contribution in [0, 0.1) is 6.92 Å². The van der Waals surface area contributed by atoms with Crippen molar-refractivity contribution in [2.45, 2.75) is 26.3 Å². The molecule has 0 aliphatic heterocycles. The molecule has 2 rings (SSSR count). The molecule has 0 saturated heterocycles. The van der Waals surface area contributed by atoms with Gasteiger partial charge >= 0.3 is 0 Å². The van der Waals surface area contributed by atoms with Gasteiger partial charge in [-0.25, -0.2) is 4.98 Å². The van der Waals surface area contributed by atoms with Crippen LogP contribution in [0.25, 0.3) is 0 Å². The van der Waals surface area contributed by atoms with Gasteiger partial charge < -0.3 is 9.73 Å². The van der Waals surface area contributed by atoms with Crippen molar-refractivity contribution in [2.75, 3.05) is 6.54 Å². The fourth-order valence-corrected chi connectivity index (χ4v) is 2.33. The standard InChI is InChI=1S/C12H16N2OS.ClH/c1-10-9-16-12(14-10)3-2-5-13-7-11-4-6-15-8-11;/h4,6,8-9,13H,2-3,5,7H2,1H3;1H. The zero-order chi connectivity index (χ0) is 11.2. The Kier molecular flexibility index (Phi) is 6.26. The minimum absolute atomic E-state index is 0. The first-order valence-electron chi connectivity index (χ1n) is 5.47. The van der Waals surface area contributed by atoms with Crippen LogP contribution in [0.2, 0.25) is 0 Å². The van der Waals surface area contributed by atoms with Crippen LogP contribution in [0.1, 0.15) is 22.7 Å². The van der Waals surface area contributed by atoms with E-state index in [9.17, 15) is 0 Å². The van der Waals surface area contributed by atoms with E-state index in [0.29, 0.717) is 0 Å². The van der Waals surface area contributed by atoms with Crippen LogP contribution in [0.4, 0.5) is 0 Å². The summed E-state index contributed by atoms with van der Waals surface area (Å²) in [4.78, 5) is 4.43. The summed E-state index contributed by atoms with van der Waals surface area (Å²) in [7, 11) is 0. The van der Waals surface area contributed by atoms with Crippen molar-refractivity contribution in [1.82, 2.24) is 10.3 Å². The summed E-state index contributed by atoms with van der Waals surface area (Å²) in [6.07, 6.45) is 5.67. The highest BCUT2D eigenvalue weighted by atomic mass is 35.5. The van der Waals surface area contributed by atoms with Gasteiger partial charge in [-0.2, -0.15) is 0 Å². The minimum atomic E-state index is 0. The van der Waals surface area contributed by atoms with Gasteiger partial charge in [-0.05, 0) is 26.0 Å². The van der Waals surface area contributed by atoms with Gasteiger partial charge in [-0.3, -0.25) is 0 Å². The Morgan fingerprint density at radius 3 is 3.00 bits per heavy atom. The lowest BCUT2D eigenvalue weighted by Gasteiger charge is -2.01. The Morgan fingerprint density at radius 2 is 2.35 bits per heavy atom.